The van der Waals surface area contributed by atoms with Gasteiger partial charge in [0.15, 0.2) is 0 Å². The Bertz CT molecular complexity index is 673. The molecule has 1 atom stereocenters. The molecular formula is C20H28N2O3S. The zero-order chi connectivity index (χ0) is 19.1. The van der Waals surface area contributed by atoms with Crippen LogP contribution in [0.5, 0.6) is 0 Å². The van der Waals surface area contributed by atoms with Crippen molar-refractivity contribution in [1.82, 2.24) is 5.32 Å². The van der Waals surface area contributed by atoms with Crippen LogP contribution in [0.2, 0.25) is 0 Å². The van der Waals surface area contributed by atoms with E-state index in [0.717, 1.165) is 30.3 Å². The van der Waals surface area contributed by atoms with Crippen LogP contribution in [0.4, 0.5) is 5.69 Å². The molecule has 26 heavy (non-hydrogen) atoms. The van der Waals surface area contributed by atoms with Gasteiger partial charge in [-0.15, -0.1) is 0 Å². The second-order valence-corrected chi connectivity index (χ2v) is 8.18. The number of benzene rings is 1. The second kappa shape index (κ2) is 9.76. The van der Waals surface area contributed by atoms with E-state index in [9.17, 15) is 14.4 Å². The van der Waals surface area contributed by atoms with E-state index >= 15 is 0 Å². The molecule has 0 aliphatic heterocycles. The van der Waals surface area contributed by atoms with Crippen molar-refractivity contribution in [1.29, 1.82) is 0 Å². The minimum atomic E-state index is -0.213. The number of nitrogens with one attached hydrogen (secondary N) is 2. The van der Waals surface area contributed by atoms with Crippen molar-refractivity contribution in [2.24, 2.45) is 11.8 Å². The molecule has 0 saturated heterocycles. The third-order valence-corrected chi connectivity index (χ3v) is 5.69. The standard InChI is InChI=1S/C20H28N2O3S/c1-13(2)14(3)20(25)21-11-19(24)26-12-18(23)22-17-9-8-15-6-4-5-7-16(15)10-17/h8-10,13-14H,4-7,11-12H2,1-3H3,(H,21,25)(H,22,23)/t14-/m0/s1. The molecule has 0 bridgehead atoms. The van der Waals surface area contributed by atoms with Gasteiger partial charge < -0.3 is 10.6 Å². The van der Waals surface area contributed by atoms with Crippen LogP contribution in [0.3, 0.4) is 0 Å². The van der Waals surface area contributed by atoms with Crippen LogP contribution in [-0.2, 0) is 27.2 Å². The molecule has 0 fully saturated rings. The number of hydrogen-bond acceptors (Lipinski definition) is 4. The van der Waals surface area contributed by atoms with Gasteiger partial charge in [-0.25, -0.2) is 0 Å². The normalized spacial score (nSPS) is 14.5. The molecule has 0 radical (unpaired) electrons. The number of anilines is 1. The minimum Gasteiger partial charge on any atom is -0.348 e. The molecule has 5 nitrogen and oxygen atoms in total. The fourth-order valence-electron chi connectivity index (χ4n) is 2.83. The molecule has 142 valence electrons. The topological polar surface area (TPSA) is 75.3 Å². The lowest BCUT2D eigenvalue weighted by atomic mass is 9.91. The van der Waals surface area contributed by atoms with E-state index in [1.165, 1.54) is 24.0 Å². The van der Waals surface area contributed by atoms with E-state index < -0.39 is 0 Å². The fourth-order valence-corrected chi connectivity index (χ4v) is 3.37. The molecule has 6 heteroatoms. The highest BCUT2D eigenvalue weighted by Gasteiger charge is 2.17. The van der Waals surface area contributed by atoms with Gasteiger partial charge >= 0.3 is 0 Å². The number of amides is 2. The maximum atomic E-state index is 12.0. The van der Waals surface area contributed by atoms with E-state index in [4.69, 9.17) is 0 Å². The first-order valence-corrected chi connectivity index (χ1v) is 10.2. The molecule has 0 saturated carbocycles. The Balaban J connectivity index is 1.73. The first-order valence-electron chi connectivity index (χ1n) is 9.22. The summed E-state index contributed by atoms with van der Waals surface area (Å²) in [6.07, 6.45) is 4.58. The Labute approximate surface area is 159 Å². The van der Waals surface area contributed by atoms with Gasteiger partial charge in [0.2, 0.25) is 16.9 Å². The second-order valence-electron chi connectivity index (χ2n) is 7.15. The predicted molar refractivity (Wildman–Crippen MR) is 106 cm³/mol. The van der Waals surface area contributed by atoms with Crippen LogP contribution in [0.15, 0.2) is 18.2 Å². The van der Waals surface area contributed by atoms with Gasteiger partial charge in [0.25, 0.3) is 0 Å². The van der Waals surface area contributed by atoms with E-state index in [-0.39, 0.29) is 41.1 Å². The lowest BCUT2D eigenvalue weighted by Gasteiger charge is -2.16. The monoisotopic (exact) mass is 376 g/mol. The Morgan fingerprint density at radius 1 is 1.08 bits per heavy atom. The van der Waals surface area contributed by atoms with Gasteiger partial charge in [0.05, 0.1) is 12.3 Å². The van der Waals surface area contributed by atoms with E-state index in [1.807, 2.05) is 32.9 Å². The summed E-state index contributed by atoms with van der Waals surface area (Å²) in [7, 11) is 0. The van der Waals surface area contributed by atoms with Gasteiger partial charge in [0.1, 0.15) is 0 Å². The molecule has 2 amide bonds. The van der Waals surface area contributed by atoms with Crippen molar-refractivity contribution in [3.05, 3.63) is 29.3 Å². The van der Waals surface area contributed by atoms with Crippen LogP contribution >= 0.6 is 11.8 Å². The van der Waals surface area contributed by atoms with Crippen LogP contribution < -0.4 is 10.6 Å². The molecule has 2 rings (SSSR count). The van der Waals surface area contributed by atoms with E-state index in [1.54, 1.807) is 0 Å². The molecule has 0 spiro atoms. The number of aryl methyl sites for hydroxylation is 2. The number of carbonyl (C=O) groups excluding carboxylic acids is 3. The number of carbonyl (C=O) groups is 3. The lowest BCUT2D eigenvalue weighted by molar-refractivity contribution is -0.127. The third-order valence-electron chi connectivity index (χ3n) is 4.82. The largest absolute Gasteiger partial charge is 0.348 e. The molecule has 0 aromatic heterocycles. The molecule has 2 N–H and O–H groups in total. The van der Waals surface area contributed by atoms with E-state index in [2.05, 4.69) is 16.7 Å². The smallest absolute Gasteiger partial charge is 0.234 e. The van der Waals surface area contributed by atoms with Crippen LogP contribution in [0.1, 0.15) is 44.7 Å². The molecule has 1 aliphatic rings. The van der Waals surface area contributed by atoms with Gasteiger partial charge in [-0.05, 0) is 54.9 Å². The van der Waals surface area contributed by atoms with Gasteiger partial charge in [-0.2, -0.15) is 0 Å². The Morgan fingerprint density at radius 2 is 1.77 bits per heavy atom. The average Bonchev–Trinajstić information content (AvgIpc) is 2.63. The van der Waals surface area contributed by atoms with Gasteiger partial charge in [0, 0.05) is 11.6 Å². The number of hydrogen-bond donors (Lipinski definition) is 2. The molecule has 1 aliphatic carbocycles. The Kier molecular flexibility index (Phi) is 7.69. The summed E-state index contributed by atoms with van der Waals surface area (Å²) in [5, 5.41) is 5.26. The average molecular weight is 377 g/mol. The highest BCUT2D eigenvalue weighted by atomic mass is 32.2. The first kappa shape index (κ1) is 20.5. The van der Waals surface area contributed by atoms with Gasteiger partial charge in [-0.1, -0.05) is 38.6 Å². The summed E-state index contributed by atoms with van der Waals surface area (Å²) in [5.74, 6) is -0.209. The van der Waals surface area contributed by atoms with Crippen molar-refractivity contribution in [2.75, 3.05) is 17.6 Å². The minimum absolute atomic E-state index is 0.0471. The molecule has 0 heterocycles. The summed E-state index contributed by atoms with van der Waals surface area (Å²) >= 11 is 0.929. The lowest BCUT2D eigenvalue weighted by Crippen LogP contribution is -2.35. The molecule has 1 aromatic rings. The first-order chi connectivity index (χ1) is 12.4. The highest BCUT2D eigenvalue weighted by Crippen LogP contribution is 2.24. The van der Waals surface area contributed by atoms with Crippen LogP contribution in [0.25, 0.3) is 0 Å². The maximum Gasteiger partial charge on any atom is 0.234 e. The number of rotatable bonds is 7. The summed E-state index contributed by atoms with van der Waals surface area (Å²) < 4.78 is 0. The molecule has 0 unspecified atom stereocenters. The summed E-state index contributed by atoms with van der Waals surface area (Å²) in [6.45, 7) is 5.72. The van der Waals surface area contributed by atoms with Crippen molar-refractivity contribution in [3.63, 3.8) is 0 Å². The predicted octanol–water partition coefficient (Wildman–Crippen LogP) is 3.17. The Morgan fingerprint density at radius 3 is 2.46 bits per heavy atom. The van der Waals surface area contributed by atoms with Crippen LogP contribution in [-0.4, -0.2) is 29.2 Å². The fraction of sp³-hybridized carbons (Fsp3) is 0.550. The van der Waals surface area contributed by atoms with Crippen LogP contribution in [0, 0.1) is 11.8 Å². The summed E-state index contributed by atoms with van der Waals surface area (Å²) in [6, 6.07) is 6.03. The maximum absolute atomic E-state index is 12.0. The van der Waals surface area contributed by atoms with Crippen molar-refractivity contribution in [2.45, 2.75) is 46.5 Å². The van der Waals surface area contributed by atoms with Crippen molar-refractivity contribution < 1.29 is 14.4 Å². The zero-order valence-electron chi connectivity index (χ0n) is 15.8. The number of fused-ring (bicyclic) bond motifs is 1. The molecule has 1 aromatic carbocycles. The summed E-state index contributed by atoms with van der Waals surface area (Å²) in [4.78, 5) is 35.7. The SMILES string of the molecule is CC(C)[C@H](C)C(=O)NCC(=O)SCC(=O)Nc1ccc2c(c1)CCCC2. The van der Waals surface area contributed by atoms with Gasteiger partial charge in [-0.3, -0.25) is 14.4 Å². The highest BCUT2D eigenvalue weighted by molar-refractivity contribution is 8.14. The van der Waals surface area contributed by atoms with Crippen molar-refractivity contribution >= 4 is 34.4 Å². The third kappa shape index (κ3) is 6.16. The summed E-state index contributed by atoms with van der Waals surface area (Å²) in [5.41, 5.74) is 3.45. The van der Waals surface area contributed by atoms with Crippen molar-refractivity contribution in [3.8, 4) is 0 Å². The van der Waals surface area contributed by atoms with E-state index in [0.29, 0.717) is 0 Å². The Hall–Kier alpha value is -1.82. The molecular weight excluding hydrogens is 348 g/mol. The number of thioether (sulfide) groups is 1. The zero-order valence-corrected chi connectivity index (χ0v) is 16.6. The quantitative estimate of drug-likeness (QED) is 0.766.